The van der Waals surface area contributed by atoms with Crippen LogP contribution in [0.5, 0.6) is 0 Å². The molecule has 14 heavy (non-hydrogen) atoms. The number of alkyl halides is 3. The SMILES string of the molecule is O=C(Cl)c1ccc(C(F)(F)F)nc1I. The standard InChI is InChI=1S/C7H2ClF3INO/c8-5(14)3-1-2-4(7(9,10)11)13-6(3)12/h1-2H. The van der Waals surface area contributed by atoms with E-state index in [0.717, 1.165) is 12.1 Å². The van der Waals surface area contributed by atoms with Gasteiger partial charge >= 0.3 is 6.18 Å². The summed E-state index contributed by atoms with van der Waals surface area (Å²) in [6.07, 6.45) is -4.51. The molecule has 0 radical (unpaired) electrons. The van der Waals surface area contributed by atoms with Gasteiger partial charge in [-0.2, -0.15) is 13.2 Å². The van der Waals surface area contributed by atoms with Crippen molar-refractivity contribution in [2.24, 2.45) is 0 Å². The first-order chi connectivity index (χ1) is 6.32. The zero-order valence-electron chi connectivity index (χ0n) is 6.40. The first kappa shape index (κ1) is 11.7. The quantitative estimate of drug-likeness (QED) is 0.448. The fourth-order valence-corrected chi connectivity index (χ4v) is 1.74. The summed E-state index contributed by atoms with van der Waals surface area (Å²) in [5.74, 6) is 0. The smallest absolute Gasteiger partial charge is 0.276 e. The van der Waals surface area contributed by atoms with E-state index < -0.39 is 17.1 Å². The number of carbonyl (C=O) groups is 1. The highest BCUT2D eigenvalue weighted by molar-refractivity contribution is 14.1. The van der Waals surface area contributed by atoms with E-state index in [-0.39, 0.29) is 9.26 Å². The number of aromatic nitrogens is 1. The second kappa shape index (κ2) is 4.01. The van der Waals surface area contributed by atoms with Crippen molar-refractivity contribution in [3.8, 4) is 0 Å². The lowest BCUT2D eigenvalue weighted by molar-refractivity contribution is -0.141. The molecule has 0 N–H and O–H groups in total. The van der Waals surface area contributed by atoms with Gasteiger partial charge in [-0.15, -0.1) is 0 Å². The summed E-state index contributed by atoms with van der Waals surface area (Å²) in [7, 11) is 0. The molecule has 1 aromatic heterocycles. The maximum Gasteiger partial charge on any atom is 0.433 e. The molecule has 0 saturated heterocycles. The Morgan fingerprint density at radius 2 is 2.00 bits per heavy atom. The summed E-state index contributed by atoms with van der Waals surface area (Å²) >= 11 is 6.63. The van der Waals surface area contributed by atoms with Crippen LogP contribution >= 0.6 is 34.2 Å². The third kappa shape index (κ3) is 2.57. The monoisotopic (exact) mass is 335 g/mol. The third-order valence-corrected chi connectivity index (χ3v) is 2.38. The normalized spacial score (nSPS) is 11.5. The van der Waals surface area contributed by atoms with Gasteiger partial charge in [0.2, 0.25) is 0 Å². The molecule has 0 aliphatic heterocycles. The molecule has 0 aromatic carbocycles. The predicted octanol–water partition coefficient (Wildman–Crippen LogP) is 3.08. The Hall–Kier alpha value is -0.370. The fourth-order valence-electron chi connectivity index (χ4n) is 0.739. The van der Waals surface area contributed by atoms with Crippen molar-refractivity contribution in [2.75, 3.05) is 0 Å². The van der Waals surface area contributed by atoms with Gasteiger partial charge in [-0.05, 0) is 46.3 Å². The van der Waals surface area contributed by atoms with Gasteiger partial charge in [0.15, 0.2) is 0 Å². The van der Waals surface area contributed by atoms with E-state index in [4.69, 9.17) is 11.6 Å². The second-order valence-corrected chi connectivity index (χ2v) is 3.67. The van der Waals surface area contributed by atoms with Crippen LogP contribution in [0.25, 0.3) is 0 Å². The summed E-state index contributed by atoms with van der Waals surface area (Å²) < 4.78 is 36.3. The van der Waals surface area contributed by atoms with E-state index in [2.05, 4.69) is 4.98 Å². The number of carbonyl (C=O) groups excluding carboxylic acids is 1. The maximum absolute atomic E-state index is 12.1. The average molecular weight is 335 g/mol. The van der Waals surface area contributed by atoms with E-state index in [0.29, 0.717) is 0 Å². The molecule has 1 heterocycles. The minimum Gasteiger partial charge on any atom is -0.276 e. The van der Waals surface area contributed by atoms with Crippen molar-refractivity contribution >= 4 is 39.4 Å². The Kier molecular flexibility index (Phi) is 3.36. The molecule has 1 rings (SSSR count). The van der Waals surface area contributed by atoms with Crippen LogP contribution < -0.4 is 0 Å². The van der Waals surface area contributed by atoms with Gasteiger partial charge in [0, 0.05) is 0 Å². The Bertz CT molecular complexity index is 380. The predicted molar refractivity (Wildman–Crippen MR) is 52.1 cm³/mol. The number of hydrogen-bond donors (Lipinski definition) is 0. The number of halogens is 5. The number of pyridine rings is 1. The molecule has 0 atom stereocenters. The fraction of sp³-hybridized carbons (Fsp3) is 0.143. The first-order valence-corrected chi connectivity index (χ1v) is 4.71. The molecule has 0 spiro atoms. The van der Waals surface area contributed by atoms with Crippen molar-refractivity contribution in [2.45, 2.75) is 6.18 Å². The van der Waals surface area contributed by atoms with Gasteiger partial charge in [0.05, 0.1) is 5.56 Å². The van der Waals surface area contributed by atoms with E-state index >= 15 is 0 Å². The van der Waals surface area contributed by atoms with Crippen molar-refractivity contribution in [1.82, 2.24) is 4.98 Å². The zero-order chi connectivity index (χ0) is 10.9. The van der Waals surface area contributed by atoms with Gasteiger partial charge in [0.25, 0.3) is 5.24 Å². The molecule has 2 nitrogen and oxygen atoms in total. The highest BCUT2D eigenvalue weighted by Gasteiger charge is 2.33. The zero-order valence-corrected chi connectivity index (χ0v) is 9.31. The van der Waals surface area contributed by atoms with Crippen LogP contribution in [-0.2, 0) is 6.18 Å². The van der Waals surface area contributed by atoms with E-state index in [1.165, 1.54) is 22.6 Å². The molecular formula is C7H2ClF3INO. The summed E-state index contributed by atoms with van der Waals surface area (Å²) in [6, 6.07) is 1.73. The van der Waals surface area contributed by atoms with Crippen LogP contribution in [0.1, 0.15) is 16.1 Å². The Morgan fingerprint density at radius 3 is 2.36 bits per heavy atom. The van der Waals surface area contributed by atoms with Crippen LogP contribution in [0.2, 0.25) is 0 Å². The Morgan fingerprint density at radius 1 is 1.43 bits per heavy atom. The molecule has 0 bridgehead atoms. The first-order valence-electron chi connectivity index (χ1n) is 3.26. The summed E-state index contributed by atoms with van der Waals surface area (Å²) in [5, 5.41) is -0.823. The highest BCUT2D eigenvalue weighted by atomic mass is 127. The van der Waals surface area contributed by atoms with E-state index in [1.807, 2.05) is 0 Å². The minimum atomic E-state index is -4.51. The molecule has 0 unspecified atom stereocenters. The maximum atomic E-state index is 12.1. The summed E-state index contributed by atoms with van der Waals surface area (Å²) in [5.41, 5.74) is -1.07. The number of hydrogen-bond acceptors (Lipinski definition) is 2. The van der Waals surface area contributed by atoms with Crippen LogP contribution in [-0.4, -0.2) is 10.2 Å². The molecular weight excluding hydrogens is 333 g/mol. The highest BCUT2D eigenvalue weighted by Crippen LogP contribution is 2.28. The largest absolute Gasteiger partial charge is 0.433 e. The van der Waals surface area contributed by atoms with Crippen molar-refractivity contribution in [3.05, 3.63) is 27.1 Å². The molecule has 0 amide bonds. The molecule has 0 saturated carbocycles. The molecule has 0 aliphatic rings. The lowest BCUT2D eigenvalue weighted by atomic mass is 10.2. The van der Waals surface area contributed by atoms with E-state index in [9.17, 15) is 18.0 Å². The topological polar surface area (TPSA) is 30.0 Å². The summed E-state index contributed by atoms with van der Waals surface area (Å²) in [6.45, 7) is 0. The lowest BCUT2D eigenvalue weighted by Crippen LogP contribution is -2.10. The van der Waals surface area contributed by atoms with Crippen molar-refractivity contribution in [1.29, 1.82) is 0 Å². The van der Waals surface area contributed by atoms with Crippen molar-refractivity contribution < 1.29 is 18.0 Å². The van der Waals surface area contributed by atoms with Gasteiger partial charge in [0.1, 0.15) is 9.39 Å². The van der Waals surface area contributed by atoms with Crippen LogP contribution in [0, 0.1) is 3.70 Å². The molecule has 1 aromatic rings. The van der Waals surface area contributed by atoms with Gasteiger partial charge < -0.3 is 0 Å². The molecule has 0 aliphatic carbocycles. The van der Waals surface area contributed by atoms with Gasteiger partial charge in [-0.3, -0.25) is 4.79 Å². The van der Waals surface area contributed by atoms with Gasteiger partial charge in [-0.1, -0.05) is 0 Å². The molecule has 7 heteroatoms. The lowest BCUT2D eigenvalue weighted by Gasteiger charge is -2.06. The van der Waals surface area contributed by atoms with Crippen LogP contribution in [0.15, 0.2) is 12.1 Å². The summed E-state index contributed by atoms with van der Waals surface area (Å²) in [4.78, 5) is 13.9. The van der Waals surface area contributed by atoms with Crippen molar-refractivity contribution in [3.63, 3.8) is 0 Å². The number of rotatable bonds is 1. The molecule has 76 valence electrons. The Balaban J connectivity index is 3.20. The minimum absolute atomic E-state index is 0.0275. The Labute approximate surface area is 95.6 Å². The number of nitrogens with zero attached hydrogens (tertiary/aromatic N) is 1. The molecule has 0 fully saturated rings. The third-order valence-electron chi connectivity index (χ3n) is 1.35. The van der Waals surface area contributed by atoms with Crippen LogP contribution in [0.4, 0.5) is 13.2 Å². The second-order valence-electron chi connectivity index (χ2n) is 2.31. The van der Waals surface area contributed by atoms with Gasteiger partial charge in [-0.25, -0.2) is 4.98 Å². The van der Waals surface area contributed by atoms with Crippen LogP contribution in [0.3, 0.4) is 0 Å². The average Bonchev–Trinajstić information content (AvgIpc) is 2.01. The van der Waals surface area contributed by atoms with E-state index in [1.54, 1.807) is 0 Å².